The van der Waals surface area contributed by atoms with E-state index in [1.54, 1.807) is 6.33 Å². The maximum absolute atomic E-state index is 4.28. The summed E-state index contributed by atoms with van der Waals surface area (Å²) in [7, 11) is 1.88. The molecule has 0 unspecified atom stereocenters. The molecule has 0 radical (unpaired) electrons. The molecular formula is C15H28N4. The zero-order chi connectivity index (χ0) is 14.1. The van der Waals surface area contributed by atoms with Crippen LogP contribution in [0.25, 0.3) is 0 Å². The van der Waals surface area contributed by atoms with Crippen molar-refractivity contribution in [2.24, 2.45) is 5.92 Å². The molecule has 1 rings (SSSR count). The van der Waals surface area contributed by atoms with Gasteiger partial charge in [0.15, 0.2) is 0 Å². The van der Waals surface area contributed by atoms with Crippen molar-refractivity contribution in [1.82, 2.24) is 9.97 Å². The summed E-state index contributed by atoms with van der Waals surface area (Å²) in [6.45, 7) is 7.61. The van der Waals surface area contributed by atoms with Gasteiger partial charge in [-0.3, -0.25) is 0 Å². The maximum Gasteiger partial charge on any atom is 0.134 e. The molecule has 0 aliphatic heterocycles. The molecule has 0 atom stereocenters. The highest BCUT2D eigenvalue weighted by atomic mass is 15.1. The molecule has 0 amide bonds. The molecular weight excluding hydrogens is 236 g/mol. The molecule has 2 N–H and O–H groups in total. The van der Waals surface area contributed by atoms with Gasteiger partial charge in [-0.05, 0) is 19.3 Å². The van der Waals surface area contributed by atoms with Crippen LogP contribution >= 0.6 is 0 Å². The lowest BCUT2D eigenvalue weighted by Gasteiger charge is -2.11. The minimum Gasteiger partial charge on any atom is -0.373 e. The molecule has 0 saturated heterocycles. The van der Waals surface area contributed by atoms with Gasteiger partial charge in [0.2, 0.25) is 0 Å². The first-order valence-electron chi connectivity index (χ1n) is 7.38. The Kier molecular flexibility index (Phi) is 7.23. The number of rotatable bonds is 9. The summed E-state index contributed by atoms with van der Waals surface area (Å²) in [5.74, 6) is 2.68. The molecule has 4 heteroatoms. The van der Waals surface area contributed by atoms with Crippen molar-refractivity contribution in [3.63, 3.8) is 0 Å². The second-order valence-corrected chi connectivity index (χ2v) is 5.47. The number of unbranched alkanes of at least 4 members (excludes halogenated alkanes) is 3. The molecule has 0 bridgehead atoms. The van der Waals surface area contributed by atoms with E-state index in [1.165, 1.54) is 32.1 Å². The first-order valence-corrected chi connectivity index (χ1v) is 7.38. The summed E-state index contributed by atoms with van der Waals surface area (Å²) in [6, 6.07) is 0. The lowest BCUT2D eigenvalue weighted by molar-refractivity contribution is 0.523. The molecule has 4 nitrogen and oxygen atoms in total. The Bertz CT molecular complexity index is 363. The van der Waals surface area contributed by atoms with E-state index >= 15 is 0 Å². The van der Waals surface area contributed by atoms with Gasteiger partial charge in [-0.15, -0.1) is 0 Å². The number of nitrogens with zero attached hydrogens (tertiary/aromatic N) is 2. The van der Waals surface area contributed by atoms with Crippen LogP contribution in [-0.2, 0) is 0 Å². The van der Waals surface area contributed by atoms with E-state index in [0.29, 0.717) is 0 Å². The number of aromatic nitrogens is 2. The van der Waals surface area contributed by atoms with Gasteiger partial charge in [-0.2, -0.15) is 0 Å². The van der Waals surface area contributed by atoms with Crippen LogP contribution in [0, 0.1) is 12.8 Å². The van der Waals surface area contributed by atoms with Crippen LogP contribution in [0.1, 0.15) is 51.5 Å². The van der Waals surface area contributed by atoms with Crippen LogP contribution in [0.4, 0.5) is 11.6 Å². The molecule has 0 aliphatic carbocycles. The standard InChI is InChI=1S/C15H28N4/c1-12(2)9-7-5-6-8-10-17-15-13(3)14(16-4)18-11-19-15/h11-12H,5-10H2,1-4H3,(H2,16,17,18,19). The number of hydrogen-bond donors (Lipinski definition) is 2. The first-order chi connectivity index (χ1) is 9.15. The van der Waals surface area contributed by atoms with Crippen LogP contribution in [-0.4, -0.2) is 23.6 Å². The summed E-state index contributed by atoms with van der Waals surface area (Å²) in [5, 5.41) is 6.47. The molecule has 0 spiro atoms. The van der Waals surface area contributed by atoms with Gasteiger partial charge in [0.1, 0.15) is 18.0 Å². The summed E-state index contributed by atoms with van der Waals surface area (Å²) in [5.41, 5.74) is 1.09. The molecule has 1 aromatic heterocycles. The molecule has 0 aliphatic rings. The minimum absolute atomic E-state index is 0.835. The van der Waals surface area contributed by atoms with Crippen molar-refractivity contribution < 1.29 is 0 Å². The average molecular weight is 264 g/mol. The molecule has 1 aromatic rings. The first kappa shape index (κ1) is 15.7. The van der Waals surface area contributed by atoms with Crippen LogP contribution < -0.4 is 10.6 Å². The van der Waals surface area contributed by atoms with Gasteiger partial charge in [0.05, 0.1) is 0 Å². The second-order valence-electron chi connectivity index (χ2n) is 5.47. The van der Waals surface area contributed by atoms with Gasteiger partial charge in [-0.25, -0.2) is 9.97 Å². The van der Waals surface area contributed by atoms with E-state index in [2.05, 4.69) is 34.4 Å². The van der Waals surface area contributed by atoms with Crippen LogP contribution in [0.15, 0.2) is 6.33 Å². The Hall–Kier alpha value is -1.32. The third kappa shape index (κ3) is 5.90. The fourth-order valence-electron chi connectivity index (χ4n) is 2.12. The quantitative estimate of drug-likeness (QED) is 0.665. The highest BCUT2D eigenvalue weighted by Crippen LogP contribution is 2.17. The van der Waals surface area contributed by atoms with Crippen LogP contribution in [0.5, 0.6) is 0 Å². The molecule has 1 heterocycles. The van der Waals surface area contributed by atoms with Gasteiger partial charge in [-0.1, -0.05) is 39.5 Å². The van der Waals surface area contributed by atoms with E-state index < -0.39 is 0 Å². The van der Waals surface area contributed by atoms with E-state index in [9.17, 15) is 0 Å². The fraction of sp³-hybridized carbons (Fsp3) is 0.733. The third-order valence-corrected chi connectivity index (χ3v) is 3.32. The molecule has 0 aromatic carbocycles. The number of anilines is 2. The molecule has 19 heavy (non-hydrogen) atoms. The zero-order valence-electron chi connectivity index (χ0n) is 12.8. The largest absolute Gasteiger partial charge is 0.373 e. The van der Waals surface area contributed by atoms with Gasteiger partial charge in [0, 0.05) is 19.2 Å². The summed E-state index contributed by atoms with van der Waals surface area (Å²) < 4.78 is 0. The average Bonchev–Trinajstić information content (AvgIpc) is 2.39. The van der Waals surface area contributed by atoms with Gasteiger partial charge < -0.3 is 10.6 Å². The summed E-state index contributed by atoms with van der Waals surface area (Å²) in [4.78, 5) is 8.46. The Labute approximate surface area is 117 Å². The zero-order valence-corrected chi connectivity index (χ0v) is 12.8. The number of hydrogen-bond acceptors (Lipinski definition) is 4. The van der Waals surface area contributed by atoms with Crippen molar-refractivity contribution in [2.45, 2.75) is 52.9 Å². The molecule has 0 fully saturated rings. The monoisotopic (exact) mass is 264 g/mol. The van der Waals surface area contributed by atoms with E-state index in [1.807, 2.05) is 14.0 Å². The van der Waals surface area contributed by atoms with Gasteiger partial charge in [0.25, 0.3) is 0 Å². The Morgan fingerprint density at radius 1 is 1.05 bits per heavy atom. The second kappa shape index (κ2) is 8.73. The maximum atomic E-state index is 4.28. The van der Waals surface area contributed by atoms with E-state index in [4.69, 9.17) is 0 Å². The van der Waals surface area contributed by atoms with E-state index in [0.717, 1.165) is 29.7 Å². The lowest BCUT2D eigenvalue weighted by atomic mass is 10.0. The van der Waals surface area contributed by atoms with Crippen LogP contribution in [0.2, 0.25) is 0 Å². The fourth-order valence-corrected chi connectivity index (χ4v) is 2.12. The van der Waals surface area contributed by atoms with Crippen LogP contribution in [0.3, 0.4) is 0 Å². The Balaban J connectivity index is 2.19. The summed E-state index contributed by atoms with van der Waals surface area (Å²) >= 11 is 0. The minimum atomic E-state index is 0.835. The SMILES string of the molecule is CNc1ncnc(NCCCCCCC(C)C)c1C. The number of nitrogens with one attached hydrogen (secondary N) is 2. The predicted octanol–water partition coefficient (Wildman–Crippen LogP) is 3.85. The van der Waals surface area contributed by atoms with Crippen molar-refractivity contribution in [2.75, 3.05) is 24.2 Å². The van der Waals surface area contributed by atoms with Gasteiger partial charge >= 0.3 is 0 Å². The smallest absolute Gasteiger partial charge is 0.134 e. The third-order valence-electron chi connectivity index (χ3n) is 3.32. The Morgan fingerprint density at radius 3 is 2.42 bits per heavy atom. The Morgan fingerprint density at radius 2 is 1.74 bits per heavy atom. The van der Waals surface area contributed by atoms with Crippen molar-refractivity contribution in [1.29, 1.82) is 0 Å². The topological polar surface area (TPSA) is 49.8 Å². The highest BCUT2D eigenvalue weighted by Gasteiger charge is 2.04. The predicted molar refractivity (Wildman–Crippen MR) is 82.7 cm³/mol. The van der Waals surface area contributed by atoms with Crippen molar-refractivity contribution in [3.8, 4) is 0 Å². The highest BCUT2D eigenvalue weighted by molar-refractivity contribution is 5.55. The lowest BCUT2D eigenvalue weighted by Crippen LogP contribution is -2.07. The van der Waals surface area contributed by atoms with Crippen molar-refractivity contribution in [3.05, 3.63) is 11.9 Å². The molecule has 108 valence electrons. The molecule has 0 saturated carbocycles. The van der Waals surface area contributed by atoms with E-state index in [-0.39, 0.29) is 0 Å². The van der Waals surface area contributed by atoms with Crippen molar-refractivity contribution >= 4 is 11.6 Å². The summed E-state index contributed by atoms with van der Waals surface area (Å²) in [6.07, 6.45) is 8.14. The normalized spacial score (nSPS) is 10.8.